The highest BCUT2D eigenvalue weighted by Gasteiger charge is 2.33. The van der Waals surface area contributed by atoms with Crippen molar-refractivity contribution < 1.29 is 15.1 Å². The van der Waals surface area contributed by atoms with E-state index in [1.807, 2.05) is 13.8 Å². The number of hydrogen-bond donors (Lipinski definition) is 3. The zero-order valence-corrected chi connectivity index (χ0v) is 8.47. The average molecular weight is 203 g/mol. The molecule has 0 radical (unpaired) electrons. The van der Waals surface area contributed by atoms with Crippen molar-refractivity contribution in [2.75, 3.05) is 19.7 Å². The van der Waals surface area contributed by atoms with E-state index in [0.717, 1.165) is 0 Å². The molecule has 0 aromatic carbocycles. The Morgan fingerprint density at radius 1 is 1.71 bits per heavy atom. The van der Waals surface area contributed by atoms with Gasteiger partial charge in [-0.2, -0.15) is 0 Å². The van der Waals surface area contributed by atoms with Crippen LogP contribution >= 0.6 is 0 Å². The van der Waals surface area contributed by atoms with Crippen molar-refractivity contribution in [2.45, 2.75) is 25.6 Å². The molecule has 0 spiro atoms. The van der Waals surface area contributed by atoms with E-state index in [9.17, 15) is 0 Å². The molecular weight excluding hydrogens is 186 g/mol. The molecule has 0 saturated carbocycles. The quantitative estimate of drug-likeness (QED) is 0.224. The van der Waals surface area contributed by atoms with Crippen molar-refractivity contribution in [1.29, 1.82) is 0 Å². The van der Waals surface area contributed by atoms with E-state index in [-0.39, 0.29) is 18.7 Å². The van der Waals surface area contributed by atoms with E-state index in [1.54, 1.807) is 4.90 Å². The van der Waals surface area contributed by atoms with Crippen LogP contribution in [-0.2, 0) is 4.74 Å². The zero-order chi connectivity index (χ0) is 10.8. The summed E-state index contributed by atoms with van der Waals surface area (Å²) in [6.45, 7) is 4.70. The molecule has 0 bridgehead atoms. The van der Waals surface area contributed by atoms with Gasteiger partial charge in [0.2, 0.25) is 5.96 Å². The molecule has 82 valence electrons. The number of nitrogens with zero attached hydrogens (tertiary/aromatic N) is 2. The Labute approximate surface area is 82.9 Å². The fourth-order valence-electron chi connectivity index (χ4n) is 1.63. The number of aliphatic hydroxyl groups is 1. The minimum Gasteiger partial charge on any atom is -0.408 e. The molecule has 1 aliphatic heterocycles. The summed E-state index contributed by atoms with van der Waals surface area (Å²) < 4.78 is 5.56. The van der Waals surface area contributed by atoms with Crippen LogP contribution in [0.15, 0.2) is 5.16 Å². The van der Waals surface area contributed by atoms with Gasteiger partial charge in [0.1, 0.15) is 0 Å². The van der Waals surface area contributed by atoms with E-state index < -0.39 is 5.60 Å². The summed E-state index contributed by atoms with van der Waals surface area (Å²) in [6, 6.07) is 0. The summed E-state index contributed by atoms with van der Waals surface area (Å²) in [4.78, 5) is 1.68. The van der Waals surface area contributed by atoms with Crippen molar-refractivity contribution in [3.05, 3.63) is 0 Å². The smallest absolute Gasteiger partial charge is 0.233 e. The molecular formula is C8H17N3O3. The number of ether oxygens (including phenoxy) is 1. The second kappa shape index (κ2) is 4.02. The standard InChI is InChI=1S/C8H17N3O3/c1-8(2)5-11(7(9)10-13)3-6(4-12)14-8/h6,12-13H,3-5H2,1-2H3,(H2,9,10). The molecule has 0 aromatic heterocycles. The lowest BCUT2D eigenvalue weighted by Crippen LogP contribution is -2.57. The molecule has 0 aromatic rings. The number of aliphatic hydroxyl groups excluding tert-OH is 1. The molecule has 1 heterocycles. The molecule has 0 aliphatic carbocycles. The van der Waals surface area contributed by atoms with E-state index in [1.165, 1.54) is 0 Å². The van der Waals surface area contributed by atoms with Crippen molar-refractivity contribution in [1.82, 2.24) is 4.90 Å². The van der Waals surface area contributed by atoms with Crippen LogP contribution in [-0.4, -0.2) is 52.6 Å². The summed E-state index contributed by atoms with van der Waals surface area (Å²) in [6.07, 6.45) is -0.293. The Morgan fingerprint density at radius 3 is 2.86 bits per heavy atom. The minimum atomic E-state index is -0.402. The number of hydrogen-bond acceptors (Lipinski definition) is 4. The number of oxime groups is 1. The maximum absolute atomic E-state index is 9.00. The fraction of sp³-hybridized carbons (Fsp3) is 0.875. The lowest BCUT2D eigenvalue weighted by Gasteiger charge is -2.42. The predicted octanol–water partition coefficient (Wildman–Crippen LogP) is -0.838. The van der Waals surface area contributed by atoms with Gasteiger partial charge in [-0.05, 0) is 13.8 Å². The summed E-state index contributed by atoms with van der Waals surface area (Å²) in [5, 5.41) is 20.5. The van der Waals surface area contributed by atoms with E-state index in [2.05, 4.69) is 5.16 Å². The average Bonchev–Trinajstić information content (AvgIpc) is 2.14. The molecule has 1 unspecified atom stereocenters. The summed E-state index contributed by atoms with van der Waals surface area (Å²) >= 11 is 0. The molecule has 6 nitrogen and oxygen atoms in total. The molecule has 1 aliphatic rings. The zero-order valence-electron chi connectivity index (χ0n) is 8.47. The Hall–Kier alpha value is -1.01. The molecule has 0 amide bonds. The van der Waals surface area contributed by atoms with Gasteiger partial charge in [-0.25, -0.2) is 0 Å². The third-order valence-corrected chi connectivity index (χ3v) is 2.11. The molecule has 1 rings (SSSR count). The van der Waals surface area contributed by atoms with Gasteiger partial charge in [0.05, 0.1) is 18.3 Å². The van der Waals surface area contributed by atoms with Gasteiger partial charge in [-0.1, -0.05) is 5.16 Å². The van der Waals surface area contributed by atoms with E-state index in [0.29, 0.717) is 13.1 Å². The van der Waals surface area contributed by atoms with Gasteiger partial charge in [-0.3, -0.25) is 0 Å². The highest BCUT2D eigenvalue weighted by Crippen LogP contribution is 2.20. The molecule has 14 heavy (non-hydrogen) atoms. The molecule has 1 fully saturated rings. The maximum Gasteiger partial charge on any atom is 0.233 e. The van der Waals surface area contributed by atoms with Crippen LogP contribution in [0.4, 0.5) is 0 Å². The second-order valence-electron chi connectivity index (χ2n) is 4.02. The summed E-state index contributed by atoms with van der Waals surface area (Å²) in [7, 11) is 0. The highest BCUT2D eigenvalue weighted by atomic mass is 16.5. The molecule has 1 saturated heterocycles. The first-order chi connectivity index (χ1) is 6.48. The maximum atomic E-state index is 9.00. The third kappa shape index (κ3) is 2.49. The topological polar surface area (TPSA) is 91.3 Å². The number of nitrogens with two attached hydrogens (primary N) is 1. The summed E-state index contributed by atoms with van der Waals surface area (Å²) in [5.41, 5.74) is 5.07. The second-order valence-corrected chi connectivity index (χ2v) is 4.02. The van der Waals surface area contributed by atoms with Crippen LogP contribution in [0.1, 0.15) is 13.8 Å². The Morgan fingerprint density at radius 2 is 2.36 bits per heavy atom. The van der Waals surface area contributed by atoms with Crippen LogP contribution in [0.2, 0.25) is 0 Å². The van der Waals surface area contributed by atoms with E-state index >= 15 is 0 Å². The van der Waals surface area contributed by atoms with Gasteiger partial charge in [0, 0.05) is 13.1 Å². The fourth-order valence-corrected chi connectivity index (χ4v) is 1.63. The van der Waals surface area contributed by atoms with Gasteiger partial charge in [-0.15, -0.1) is 0 Å². The summed E-state index contributed by atoms with van der Waals surface area (Å²) in [5.74, 6) is 0.0554. The largest absolute Gasteiger partial charge is 0.408 e. The van der Waals surface area contributed by atoms with Crippen LogP contribution in [0, 0.1) is 0 Å². The Kier molecular flexibility index (Phi) is 3.17. The third-order valence-electron chi connectivity index (χ3n) is 2.11. The van der Waals surface area contributed by atoms with Gasteiger partial charge in [0.25, 0.3) is 0 Å². The Bertz CT molecular complexity index is 230. The molecule has 4 N–H and O–H groups in total. The van der Waals surface area contributed by atoms with Crippen molar-refractivity contribution in [2.24, 2.45) is 10.9 Å². The first-order valence-electron chi connectivity index (χ1n) is 4.49. The van der Waals surface area contributed by atoms with Crippen LogP contribution in [0.5, 0.6) is 0 Å². The monoisotopic (exact) mass is 203 g/mol. The van der Waals surface area contributed by atoms with Crippen molar-refractivity contribution in [3.8, 4) is 0 Å². The number of rotatable bonds is 1. The highest BCUT2D eigenvalue weighted by molar-refractivity contribution is 5.77. The SMILES string of the molecule is CC1(C)CN(C(N)=NO)CC(CO)O1. The van der Waals surface area contributed by atoms with Crippen LogP contribution in [0.3, 0.4) is 0 Å². The van der Waals surface area contributed by atoms with Crippen molar-refractivity contribution in [3.63, 3.8) is 0 Å². The van der Waals surface area contributed by atoms with Gasteiger partial charge < -0.3 is 25.7 Å². The lowest BCUT2D eigenvalue weighted by atomic mass is 10.1. The molecule has 6 heteroatoms. The minimum absolute atomic E-state index is 0.0554. The number of morpholine rings is 1. The van der Waals surface area contributed by atoms with Crippen LogP contribution < -0.4 is 5.73 Å². The molecule has 1 atom stereocenters. The Balaban J connectivity index is 2.70. The normalized spacial score (nSPS) is 27.8. The predicted molar refractivity (Wildman–Crippen MR) is 51.0 cm³/mol. The lowest BCUT2D eigenvalue weighted by molar-refractivity contribution is -0.135. The van der Waals surface area contributed by atoms with Gasteiger partial charge in [0.15, 0.2) is 0 Å². The van der Waals surface area contributed by atoms with Gasteiger partial charge >= 0.3 is 0 Å². The van der Waals surface area contributed by atoms with Crippen molar-refractivity contribution >= 4 is 5.96 Å². The number of guanidine groups is 1. The van der Waals surface area contributed by atoms with Crippen LogP contribution in [0.25, 0.3) is 0 Å². The first-order valence-corrected chi connectivity index (χ1v) is 4.49. The first kappa shape index (κ1) is 11.1. The van der Waals surface area contributed by atoms with E-state index in [4.69, 9.17) is 20.8 Å².